The first kappa shape index (κ1) is 23.0. The number of aromatic hydroxyl groups is 1. The summed E-state index contributed by atoms with van der Waals surface area (Å²) in [6.07, 6.45) is 2.33. The van der Waals surface area contributed by atoms with Crippen LogP contribution in [0.3, 0.4) is 0 Å². The predicted octanol–water partition coefficient (Wildman–Crippen LogP) is 6.26. The first-order chi connectivity index (χ1) is 13.8. The van der Waals surface area contributed by atoms with Crippen LogP contribution in [0.1, 0.15) is 31.4 Å². The summed E-state index contributed by atoms with van der Waals surface area (Å²) in [6, 6.07) is 12.0. The third-order valence-corrected chi connectivity index (χ3v) is 5.21. The van der Waals surface area contributed by atoms with Crippen LogP contribution in [-0.2, 0) is 9.53 Å². The number of phenolic OH excluding ortho intramolecular Hbond substituents is 1. The second kappa shape index (κ2) is 11.0. The van der Waals surface area contributed by atoms with Crippen LogP contribution in [0.15, 0.2) is 63.6 Å². The summed E-state index contributed by atoms with van der Waals surface area (Å²) in [5.74, 6) is -1.17. The van der Waals surface area contributed by atoms with Gasteiger partial charge in [-0.2, -0.15) is 0 Å². The van der Waals surface area contributed by atoms with Gasteiger partial charge in [-0.15, -0.1) is 0 Å². The number of rotatable bonds is 8. The van der Waals surface area contributed by atoms with Crippen LogP contribution < -0.4 is 5.32 Å². The first-order valence-corrected chi connectivity index (χ1v) is 10.5. The number of phenols is 1. The molecule has 0 aliphatic heterocycles. The number of aliphatic carboxylic acids is 1. The number of allylic oxidation sites excluding steroid dienone is 1. The molecule has 2 atom stereocenters. The second-order valence-corrected chi connectivity index (χ2v) is 8.29. The van der Waals surface area contributed by atoms with E-state index in [0.29, 0.717) is 24.1 Å². The van der Waals surface area contributed by atoms with Crippen molar-refractivity contribution >= 4 is 49.6 Å². The van der Waals surface area contributed by atoms with Gasteiger partial charge < -0.3 is 14.9 Å². The number of hydrogen-bond donors (Lipinski definition) is 3. The van der Waals surface area contributed by atoms with Gasteiger partial charge >= 0.3 is 12.1 Å². The molecule has 0 unspecified atom stereocenters. The maximum absolute atomic E-state index is 12.5. The molecule has 154 valence electrons. The summed E-state index contributed by atoms with van der Waals surface area (Å²) in [5.41, 5.74) is 1.05. The quantitative estimate of drug-likeness (QED) is 0.352. The molecule has 0 aliphatic carbocycles. The Balaban J connectivity index is 2.17. The Hall–Kier alpha value is -2.32. The van der Waals surface area contributed by atoms with Gasteiger partial charge in [0.05, 0.1) is 0 Å². The molecule has 0 aromatic heterocycles. The number of ether oxygens (including phenoxy) is 1. The minimum Gasteiger partial charge on any atom is -0.508 e. The zero-order valence-corrected chi connectivity index (χ0v) is 18.8. The molecule has 2 rings (SSSR count). The van der Waals surface area contributed by atoms with E-state index in [1.165, 1.54) is 6.07 Å². The van der Waals surface area contributed by atoms with Crippen LogP contribution in [-0.4, -0.2) is 22.3 Å². The van der Waals surface area contributed by atoms with Crippen molar-refractivity contribution in [1.29, 1.82) is 0 Å². The van der Waals surface area contributed by atoms with Crippen molar-refractivity contribution in [2.24, 2.45) is 5.92 Å². The fraction of sp³-hybridized carbons (Fsp3) is 0.238. The van der Waals surface area contributed by atoms with Gasteiger partial charge in [0.25, 0.3) is 0 Å². The highest BCUT2D eigenvalue weighted by atomic mass is 79.9. The summed E-state index contributed by atoms with van der Waals surface area (Å²) in [7, 11) is 0. The Morgan fingerprint density at radius 1 is 1.14 bits per heavy atom. The number of hydrogen-bond acceptors (Lipinski definition) is 4. The standard InChI is InChI=1S/C21H21Br2NO5/c1-13(4-2-3-5-19(26)27)20(17-12-15(23)8-11-18(17)25)29-21(28)24-16-9-6-14(22)7-10-16/h3,5-13,20,25H,2,4H2,1H3,(H,24,28)(H,26,27)/b5-3+/t13-,20+/m0/s1. The molecule has 29 heavy (non-hydrogen) atoms. The Kier molecular flexibility index (Phi) is 8.72. The molecule has 8 heteroatoms. The first-order valence-electron chi connectivity index (χ1n) is 8.87. The summed E-state index contributed by atoms with van der Waals surface area (Å²) in [6.45, 7) is 1.88. The maximum atomic E-state index is 12.5. The molecule has 3 N–H and O–H groups in total. The van der Waals surface area contributed by atoms with Crippen LogP contribution in [0.4, 0.5) is 10.5 Å². The van der Waals surface area contributed by atoms with E-state index in [1.54, 1.807) is 42.5 Å². The van der Waals surface area contributed by atoms with E-state index in [9.17, 15) is 14.7 Å². The number of nitrogens with one attached hydrogen (secondary N) is 1. The van der Waals surface area contributed by atoms with E-state index >= 15 is 0 Å². The predicted molar refractivity (Wildman–Crippen MR) is 118 cm³/mol. The molecule has 0 saturated heterocycles. The highest BCUT2D eigenvalue weighted by Gasteiger charge is 2.26. The van der Waals surface area contributed by atoms with Crippen molar-refractivity contribution in [1.82, 2.24) is 0 Å². The normalized spacial score (nSPS) is 13.1. The maximum Gasteiger partial charge on any atom is 0.412 e. The lowest BCUT2D eigenvalue weighted by Crippen LogP contribution is -2.22. The number of halogens is 2. The van der Waals surface area contributed by atoms with Crippen molar-refractivity contribution in [3.8, 4) is 5.75 Å². The fourth-order valence-corrected chi connectivity index (χ4v) is 3.37. The van der Waals surface area contributed by atoms with E-state index in [-0.39, 0.29) is 11.7 Å². The summed E-state index contributed by atoms with van der Waals surface area (Å²) in [5, 5.41) is 21.7. The topological polar surface area (TPSA) is 95.9 Å². The minimum absolute atomic E-state index is 0.0163. The largest absolute Gasteiger partial charge is 0.508 e. The van der Waals surface area contributed by atoms with Crippen molar-refractivity contribution in [3.05, 3.63) is 69.1 Å². The smallest absolute Gasteiger partial charge is 0.412 e. The van der Waals surface area contributed by atoms with Gasteiger partial charge in [0.15, 0.2) is 0 Å². The lowest BCUT2D eigenvalue weighted by Gasteiger charge is -2.25. The molecule has 0 fully saturated rings. The molecule has 6 nitrogen and oxygen atoms in total. The van der Waals surface area contributed by atoms with E-state index in [1.807, 2.05) is 6.92 Å². The Labute approximate surface area is 185 Å². The number of carbonyl (C=O) groups excluding carboxylic acids is 1. The number of carboxylic acids is 1. The summed E-state index contributed by atoms with van der Waals surface area (Å²) in [4.78, 5) is 23.1. The lowest BCUT2D eigenvalue weighted by atomic mass is 9.92. The van der Waals surface area contributed by atoms with E-state index < -0.39 is 18.2 Å². The molecule has 0 aliphatic rings. The SMILES string of the molecule is C[C@@H](CC/C=C/C(=O)O)[C@@H](OC(=O)Nc1ccc(Br)cc1)c1cc(Br)ccc1O. The zero-order valence-electron chi connectivity index (χ0n) is 15.6. The van der Waals surface area contributed by atoms with Crippen molar-refractivity contribution in [2.45, 2.75) is 25.9 Å². The van der Waals surface area contributed by atoms with Gasteiger partial charge in [-0.3, -0.25) is 5.32 Å². The van der Waals surface area contributed by atoms with Crippen LogP contribution in [0.2, 0.25) is 0 Å². The average Bonchev–Trinajstić information content (AvgIpc) is 2.67. The molecule has 0 saturated carbocycles. The monoisotopic (exact) mass is 525 g/mol. The van der Waals surface area contributed by atoms with Gasteiger partial charge in [-0.25, -0.2) is 9.59 Å². The number of carbonyl (C=O) groups is 2. The molecular formula is C21H21Br2NO5. The van der Waals surface area contributed by atoms with Crippen molar-refractivity contribution in [3.63, 3.8) is 0 Å². The van der Waals surface area contributed by atoms with Gasteiger partial charge in [-0.05, 0) is 61.2 Å². The van der Waals surface area contributed by atoms with E-state index in [2.05, 4.69) is 37.2 Å². The van der Waals surface area contributed by atoms with Crippen LogP contribution in [0.25, 0.3) is 0 Å². The number of anilines is 1. The molecule has 0 heterocycles. The van der Waals surface area contributed by atoms with Crippen molar-refractivity contribution in [2.75, 3.05) is 5.32 Å². The summed E-state index contributed by atoms with van der Waals surface area (Å²) >= 11 is 6.71. The third-order valence-electron chi connectivity index (χ3n) is 4.19. The second-order valence-electron chi connectivity index (χ2n) is 6.46. The Morgan fingerprint density at radius 3 is 2.45 bits per heavy atom. The summed E-state index contributed by atoms with van der Waals surface area (Å²) < 4.78 is 7.29. The third kappa shape index (κ3) is 7.55. The van der Waals surface area contributed by atoms with E-state index in [4.69, 9.17) is 9.84 Å². The van der Waals surface area contributed by atoms with Gasteiger partial charge in [0.2, 0.25) is 0 Å². The fourth-order valence-electron chi connectivity index (χ4n) is 2.73. The highest BCUT2D eigenvalue weighted by Crippen LogP contribution is 2.36. The number of carboxylic acid groups (broad SMARTS) is 1. The number of amides is 1. The Morgan fingerprint density at radius 2 is 1.79 bits per heavy atom. The van der Waals surface area contributed by atoms with Crippen molar-refractivity contribution < 1.29 is 24.5 Å². The zero-order chi connectivity index (χ0) is 21.4. The molecule has 2 aromatic rings. The highest BCUT2D eigenvalue weighted by molar-refractivity contribution is 9.10. The molecule has 2 aromatic carbocycles. The van der Waals surface area contributed by atoms with Crippen LogP contribution in [0.5, 0.6) is 5.75 Å². The van der Waals surface area contributed by atoms with Gasteiger partial charge in [-0.1, -0.05) is 44.9 Å². The lowest BCUT2D eigenvalue weighted by molar-refractivity contribution is -0.131. The molecule has 1 amide bonds. The average molecular weight is 527 g/mol. The van der Waals surface area contributed by atoms with E-state index in [0.717, 1.165) is 15.0 Å². The molecule has 0 radical (unpaired) electrons. The molecular weight excluding hydrogens is 506 g/mol. The molecule has 0 bridgehead atoms. The van der Waals surface area contributed by atoms with Crippen LogP contribution >= 0.6 is 31.9 Å². The van der Waals surface area contributed by atoms with Gasteiger partial charge in [0.1, 0.15) is 11.9 Å². The Bertz CT molecular complexity index is 883. The minimum atomic E-state index is -1.01. The van der Waals surface area contributed by atoms with Gasteiger partial charge in [0, 0.05) is 26.3 Å². The number of benzene rings is 2. The van der Waals surface area contributed by atoms with Crippen LogP contribution in [0, 0.1) is 5.92 Å². The molecule has 0 spiro atoms.